The van der Waals surface area contributed by atoms with Gasteiger partial charge in [-0.15, -0.1) is 0 Å². The molecule has 1 atom stereocenters. The lowest BCUT2D eigenvalue weighted by Gasteiger charge is -2.16. The van der Waals surface area contributed by atoms with Crippen LogP contribution in [0.15, 0.2) is 36.7 Å². The highest BCUT2D eigenvalue weighted by atomic mass is 16.3. The fourth-order valence-electron chi connectivity index (χ4n) is 1.75. The molecular formula is C14H14N4O2. The quantitative estimate of drug-likeness (QED) is 0.751. The van der Waals surface area contributed by atoms with Crippen molar-refractivity contribution in [2.24, 2.45) is 0 Å². The fraction of sp³-hybridized carbons (Fsp3) is 0.214. The molecule has 1 heterocycles. The molecule has 6 heteroatoms. The van der Waals surface area contributed by atoms with Gasteiger partial charge >= 0.3 is 0 Å². The number of phenolic OH excluding ortho intramolecular Hbond substituents is 1. The molecule has 0 aliphatic carbocycles. The lowest BCUT2D eigenvalue weighted by atomic mass is 10.1. The lowest BCUT2D eigenvalue weighted by molar-refractivity contribution is 0.273. The molecule has 0 fully saturated rings. The van der Waals surface area contributed by atoms with Gasteiger partial charge in [0.25, 0.3) is 0 Å². The number of nitrogens with zero attached hydrogens (tertiary/aromatic N) is 3. The molecular weight excluding hydrogens is 256 g/mol. The van der Waals surface area contributed by atoms with Crippen LogP contribution in [-0.2, 0) is 6.42 Å². The third-order valence-corrected chi connectivity index (χ3v) is 2.76. The van der Waals surface area contributed by atoms with E-state index in [0.29, 0.717) is 12.2 Å². The molecule has 2 aromatic rings. The van der Waals surface area contributed by atoms with E-state index in [4.69, 9.17) is 5.26 Å². The highest BCUT2D eigenvalue weighted by Crippen LogP contribution is 2.13. The van der Waals surface area contributed by atoms with E-state index >= 15 is 0 Å². The lowest BCUT2D eigenvalue weighted by Crippen LogP contribution is -2.26. The van der Waals surface area contributed by atoms with Crippen molar-refractivity contribution in [2.75, 3.05) is 11.9 Å². The molecule has 1 aromatic carbocycles. The van der Waals surface area contributed by atoms with Crippen LogP contribution < -0.4 is 5.32 Å². The smallest absolute Gasteiger partial charge is 0.158 e. The Balaban J connectivity index is 2.01. The molecule has 0 bridgehead atoms. The van der Waals surface area contributed by atoms with Crippen molar-refractivity contribution in [2.45, 2.75) is 12.5 Å². The molecule has 20 heavy (non-hydrogen) atoms. The molecule has 0 amide bonds. The van der Waals surface area contributed by atoms with E-state index in [2.05, 4.69) is 15.3 Å². The van der Waals surface area contributed by atoms with Crippen LogP contribution in [0, 0.1) is 11.3 Å². The Hall–Kier alpha value is -2.65. The molecule has 102 valence electrons. The van der Waals surface area contributed by atoms with E-state index in [-0.39, 0.29) is 24.1 Å². The molecule has 0 unspecified atom stereocenters. The zero-order chi connectivity index (χ0) is 14.4. The Morgan fingerprint density at radius 1 is 1.20 bits per heavy atom. The average molecular weight is 270 g/mol. The van der Waals surface area contributed by atoms with Crippen molar-refractivity contribution >= 4 is 5.82 Å². The SMILES string of the molecule is N#Cc1cnc(N[C@H](CO)Cc2ccc(O)cc2)cn1. The molecule has 2 rings (SSSR count). The van der Waals surface area contributed by atoms with Crippen LogP contribution in [0.2, 0.25) is 0 Å². The Bertz CT molecular complexity index is 590. The minimum absolute atomic E-state index is 0.0669. The maximum Gasteiger partial charge on any atom is 0.158 e. The first-order chi connectivity index (χ1) is 9.71. The molecule has 0 aliphatic heterocycles. The molecule has 0 saturated carbocycles. The largest absolute Gasteiger partial charge is 0.508 e. The van der Waals surface area contributed by atoms with E-state index in [9.17, 15) is 10.2 Å². The molecule has 0 aliphatic rings. The number of benzene rings is 1. The normalized spacial score (nSPS) is 11.6. The van der Waals surface area contributed by atoms with Crippen molar-refractivity contribution < 1.29 is 10.2 Å². The van der Waals surface area contributed by atoms with Crippen LogP contribution >= 0.6 is 0 Å². The third-order valence-electron chi connectivity index (χ3n) is 2.76. The van der Waals surface area contributed by atoms with E-state index in [1.54, 1.807) is 24.3 Å². The van der Waals surface area contributed by atoms with Gasteiger partial charge in [0.2, 0.25) is 0 Å². The number of aromatic nitrogens is 2. The monoisotopic (exact) mass is 270 g/mol. The topological polar surface area (TPSA) is 102 Å². The summed E-state index contributed by atoms with van der Waals surface area (Å²) in [5.41, 5.74) is 1.23. The van der Waals surface area contributed by atoms with Gasteiger partial charge in [-0.05, 0) is 24.1 Å². The molecule has 3 N–H and O–H groups in total. The summed E-state index contributed by atoms with van der Waals surface area (Å²) < 4.78 is 0. The van der Waals surface area contributed by atoms with Gasteiger partial charge in [-0.3, -0.25) is 0 Å². The summed E-state index contributed by atoms with van der Waals surface area (Å²) in [6, 6.07) is 8.47. The summed E-state index contributed by atoms with van der Waals surface area (Å²) >= 11 is 0. The third kappa shape index (κ3) is 3.67. The number of aliphatic hydroxyl groups excluding tert-OH is 1. The summed E-state index contributed by atoms with van der Waals surface area (Å²) in [5, 5.41) is 30.3. The maximum atomic E-state index is 9.39. The first-order valence-electron chi connectivity index (χ1n) is 6.08. The number of aromatic hydroxyl groups is 1. The minimum Gasteiger partial charge on any atom is -0.508 e. The molecule has 0 spiro atoms. The molecule has 6 nitrogen and oxygen atoms in total. The number of hydrogen-bond acceptors (Lipinski definition) is 6. The molecule has 1 aromatic heterocycles. The first-order valence-corrected chi connectivity index (χ1v) is 6.08. The van der Waals surface area contributed by atoms with E-state index in [1.807, 2.05) is 6.07 Å². The maximum absolute atomic E-state index is 9.39. The van der Waals surface area contributed by atoms with Gasteiger partial charge < -0.3 is 15.5 Å². The number of rotatable bonds is 5. The summed E-state index contributed by atoms with van der Waals surface area (Å²) in [6.07, 6.45) is 3.41. The van der Waals surface area contributed by atoms with Crippen LogP contribution in [0.4, 0.5) is 5.82 Å². The predicted octanol–water partition coefficient (Wildman–Crippen LogP) is 1.07. The highest BCUT2D eigenvalue weighted by molar-refractivity contribution is 5.35. The van der Waals surface area contributed by atoms with Gasteiger partial charge in [-0.25, -0.2) is 9.97 Å². The summed E-state index contributed by atoms with van der Waals surface area (Å²) in [5.74, 6) is 0.710. The summed E-state index contributed by atoms with van der Waals surface area (Å²) in [4.78, 5) is 7.95. The van der Waals surface area contributed by atoms with Crippen LogP contribution in [0.3, 0.4) is 0 Å². The van der Waals surface area contributed by atoms with Crippen molar-refractivity contribution in [3.63, 3.8) is 0 Å². The Labute approximate surface area is 116 Å². The van der Waals surface area contributed by atoms with Crippen molar-refractivity contribution in [3.8, 4) is 11.8 Å². The second-order valence-electron chi connectivity index (χ2n) is 4.29. The predicted molar refractivity (Wildman–Crippen MR) is 73.1 cm³/mol. The van der Waals surface area contributed by atoms with Crippen LogP contribution in [0.5, 0.6) is 5.75 Å². The van der Waals surface area contributed by atoms with Gasteiger partial charge in [-0.2, -0.15) is 5.26 Å². The number of phenols is 1. The summed E-state index contributed by atoms with van der Waals surface area (Å²) in [7, 11) is 0. The van der Waals surface area contributed by atoms with Crippen LogP contribution in [0.25, 0.3) is 0 Å². The van der Waals surface area contributed by atoms with Crippen LogP contribution in [0.1, 0.15) is 11.3 Å². The van der Waals surface area contributed by atoms with Gasteiger partial charge in [-0.1, -0.05) is 12.1 Å². The summed E-state index contributed by atoms with van der Waals surface area (Å²) in [6.45, 7) is -0.0669. The standard InChI is InChI=1S/C14H14N4O2/c15-6-12-7-17-14(8-16-12)18-11(9-19)5-10-1-3-13(20)4-2-10/h1-4,7-8,11,19-20H,5,9H2,(H,17,18)/t11-/m0/s1. The van der Waals surface area contributed by atoms with E-state index in [1.165, 1.54) is 12.4 Å². The second kappa shape index (κ2) is 6.50. The zero-order valence-corrected chi connectivity index (χ0v) is 10.7. The van der Waals surface area contributed by atoms with Crippen molar-refractivity contribution in [3.05, 3.63) is 47.9 Å². The molecule has 0 saturated heterocycles. The number of nitriles is 1. The fourth-order valence-corrected chi connectivity index (χ4v) is 1.75. The van der Waals surface area contributed by atoms with Gasteiger partial charge in [0, 0.05) is 0 Å². The van der Waals surface area contributed by atoms with Gasteiger partial charge in [0.15, 0.2) is 5.69 Å². The number of nitrogens with one attached hydrogen (secondary N) is 1. The molecule has 0 radical (unpaired) electrons. The van der Waals surface area contributed by atoms with Crippen LogP contribution in [-0.4, -0.2) is 32.8 Å². The average Bonchev–Trinajstić information content (AvgIpc) is 2.49. The van der Waals surface area contributed by atoms with Crippen molar-refractivity contribution in [1.29, 1.82) is 5.26 Å². The van der Waals surface area contributed by atoms with E-state index in [0.717, 1.165) is 5.56 Å². The number of hydrogen-bond donors (Lipinski definition) is 3. The Kier molecular flexibility index (Phi) is 4.47. The van der Waals surface area contributed by atoms with Gasteiger partial charge in [0.05, 0.1) is 25.0 Å². The van der Waals surface area contributed by atoms with E-state index < -0.39 is 0 Å². The second-order valence-corrected chi connectivity index (χ2v) is 4.29. The zero-order valence-electron chi connectivity index (χ0n) is 10.7. The first kappa shape index (κ1) is 13.8. The Morgan fingerprint density at radius 2 is 1.95 bits per heavy atom. The van der Waals surface area contributed by atoms with Crippen molar-refractivity contribution in [1.82, 2.24) is 9.97 Å². The number of anilines is 1. The Morgan fingerprint density at radius 3 is 2.50 bits per heavy atom. The highest BCUT2D eigenvalue weighted by Gasteiger charge is 2.09. The van der Waals surface area contributed by atoms with Gasteiger partial charge in [0.1, 0.15) is 17.6 Å². The number of aliphatic hydroxyl groups is 1. The minimum atomic E-state index is -0.221.